The molecule has 1 aromatic heterocycles. The Kier molecular flexibility index (Phi) is 5.64. The topological polar surface area (TPSA) is 71.2 Å². The Morgan fingerprint density at radius 2 is 2.06 bits per heavy atom. The van der Waals surface area contributed by atoms with Crippen molar-refractivity contribution in [1.29, 1.82) is 0 Å². The Hall–Kier alpha value is -1.29. The molecule has 0 aliphatic carbocycles. The maximum Gasteiger partial charge on any atom is 0.127 e. The number of aliphatic hydroxyl groups is 1. The Morgan fingerprint density at radius 1 is 1.31 bits per heavy atom. The van der Waals surface area contributed by atoms with Crippen molar-refractivity contribution in [3.05, 3.63) is 17.8 Å². The number of aromatic nitrogens is 1. The first kappa shape index (κ1) is 12.8. The molecule has 4 nitrogen and oxygen atoms in total. The first-order chi connectivity index (χ1) is 7.74. The summed E-state index contributed by atoms with van der Waals surface area (Å²) >= 11 is 0. The first-order valence-electron chi connectivity index (χ1n) is 5.81. The summed E-state index contributed by atoms with van der Waals surface area (Å²) in [5.74, 6) is 0.838. The third-order valence-electron chi connectivity index (χ3n) is 2.54. The van der Waals surface area contributed by atoms with Gasteiger partial charge in [0.25, 0.3) is 0 Å². The number of nitrogens with two attached hydrogens (primary N) is 1. The number of aryl methyl sites for hydroxylation is 1. The van der Waals surface area contributed by atoms with Gasteiger partial charge in [-0.3, -0.25) is 0 Å². The normalized spacial score (nSPS) is 10.4. The van der Waals surface area contributed by atoms with Gasteiger partial charge in [-0.15, -0.1) is 0 Å². The summed E-state index contributed by atoms with van der Waals surface area (Å²) in [6.45, 7) is 3.14. The van der Waals surface area contributed by atoms with Crippen molar-refractivity contribution in [2.45, 2.75) is 32.6 Å². The summed E-state index contributed by atoms with van der Waals surface area (Å²) < 4.78 is 0. The molecule has 1 rings (SSSR count). The van der Waals surface area contributed by atoms with Gasteiger partial charge < -0.3 is 16.2 Å². The predicted molar refractivity (Wildman–Crippen MR) is 67.4 cm³/mol. The number of rotatable bonds is 7. The summed E-state index contributed by atoms with van der Waals surface area (Å²) in [4.78, 5) is 4.24. The zero-order valence-corrected chi connectivity index (χ0v) is 9.87. The second kappa shape index (κ2) is 7.06. The van der Waals surface area contributed by atoms with Crippen LogP contribution >= 0.6 is 0 Å². The van der Waals surface area contributed by atoms with Crippen molar-refractivity contribution in [3.8, 4) is 0 Å². The number of anilines is 2. The standard InChI is InChI=1S/C12H21N3O/c1-10-9-15-12(8-11(10)13)14-6-4-2-3-5-7-16/h8-9,16H,2-7H2,1H3,(H3,13,14,15). The van der Waals surface area contributed by atoms with Gasteiger partial charge in [0, 0.05) is 31.1 Å². The minimum Gasteiger partial charge on any atom is -0.398 e. The van der Waals surface area contributed by atoms with Crippen LogP contribution in [0.1, 0.15) is 31.2 Å². The van der Waals surface area contributed by atoms with Crippen LogP contribution in [0.25, 0.3) is 0 Å². The molecule has 0 aliphatic rings. The number of nitrogens with zero attached hydrogens (tertiary/aromatic N) is 1. The maximum atomic E-state index is 8.62. The third-order valence-corrected chi connectivity index (χ3v) is 2.54. The summed E-state index contributed by atoms with van der Waals surface area (Å²) in [5.41, 5.74) is 7.57. The van der Waals surface area contributed by atoms with Crippen LogP contribution in [0, 0.1) is 6.92 Å². The molecular weight excluding hydrogens is 202 g/mol. The monoisotopic (exact) mass is 223 g/mol. The van der Waals surface area contributed by atoms with Crippen molar-refractivity contribution in [1.82, 2.24) is 4.98 Å². The van der Waals surface area contributed by atoms with E-state index < -0.39 is 0 Å². The molecule has 0 atom stereocenters. The Balaban J connectivity index is 2.19. The van der Waals surface area contributed by atoms with Crippen LogP contribution in [0.3, 0.4) is 0 Å². The third kappa shape index (κ3) is 4.49. The molecule has 0 amide bonds. The van der Waals surface area contributed by atoms with Gasteiger partial charge in [0.05, 0.1) is 0 Å². The molecule has 0 radical (unpaired) electrons. The van der Waals surface area contributed by atoms with E-state index in [0.29, 0.717) is 6.61 Å². The highest BCUT2D eigenvalue weighted by atomic mass is 16.2. The summed E-state index contributed by atoms with van der Waals surface area (Å²) in [5, 5.41) is 11.9. The summed E-state index contributed by atoms with van der Waals surface area (Å²) in [7, 11) is 0. The SMILES string of the molecule is Cc1cnc(NCCCCCCO)cc1N. The van der Waals surface area contributed by atoms with Crippen LogP contribution in [0.5, 0.6) is 0 Å². The fourth-order valence-corrected chi connectivity index (χ4v) is 1.44. The minimum atomic E-state index is 0.295. The Labute approximate surface area is 96.9 Å². The molecule has 4 heteroatoms. The second-order valence-corrected chi connectivity index (χ2v) is 3.99. The molecule has 90 valence electrons. The predicted octanol–water partition coefficient (Wildman–Crippen LogP) is 1.94. The zero-order chi connectivity index (χ0) is 11.8. The summed E-state index contributed by atoms with van der Waals surface area (Å²) in [6.07, 6.45) is 5.99. The van der Waals surface area contributed by atoms with Crippen LogP contribution in [0.2, 0.25) is 0 Å². The van der Waals surface area contributed by atoms with Crippen LogP contribution < -0.4 is 11.1 Å². The number of aliphatic hydroxyl groups excluding tert-OH is 1. The molecule has 0 saturated carbocycles. The average molecular weight is 223 g/mol. The lowest BCUT2D eigenvalue weighted by atomic mass is 10.2. The lowest BCUT2D eigenvalue weighted by Gasteiger charge is -2.07. The second-order valence-electron chi connectivity index (χ2n) is 3.99. The molecule has 0 aliphatic heterocycles. The van der Waals surface area contributed by atoms with Crippen molar-refractivity contribution >= 4 is 11.5 Å². The van der Waals surface area contributed by atoms with E-state index in [1.807, 2.05) is 13.0 Å². The van der Waals surface area contributed by atoms with Crippen LogP contribution in [-0.4, -0.2) is 23.2 Å². The molecule has 0 bridgehead atoms. The highest BCUT2D eigenvalue weighted by Crippen LogP contribution is 2.13. The van der Waals surface area contributed by atoms with Crippen LogP contribution in [0.4, 0.5) is 11.5 Å². The van der Waals surface area contributed by atoms with E-state index in [0.717, 1.165) is 49.3 Å². The smallest absolute Gasteiger partial charge is 0.127 e. The number of hydrogen-bond donors (Lipinski definition) is 3. The first-order valence-corrected chi connectivity index (χ1v) is 5.81. The van der Waals surface area contributed by atoms with E-state index >= 15 is 0 Å². The van der Waals surface area contributed by atoms with Crippen molar-refractivity contribution in [2.24, 2.45) is 0 Å². The lowest BCUT2D eigenvalue weighted by molar-refractivity contribution is 0.283. The summed E-state index contributed by atoms with van der Waals surface area (Å²) in [6, 6.07) is 1.86. The van der Waals surface area contributed by atoms with Gasteiger partial charge in [0.15, 0.2) is 0 Å². The molecule has 1 aromatic rings. The number of unbranched alkanes of at least 4 members (excludes halogenated alkanes) is 3. The fraction of sp³-hybridized carbons (Fsp3) is 0.583. The molecule has 0 unspecified atom stereocenters. The van der Waals surface area contributed by atoms with E-state index in [2.05, 4.69) is 10.3 Å². The van der Waals surface area contributed by atoms with Crippen molar-refractivity contribution in [2.75, 3.05) is 24.2 Å². The van der Waals surface area contributed by atoms with Gasteiger partial charge in [0.1, 0.15) is 5.82 Å². The van der Waals surface area contributed by atoms with Gasteiger partial charge in [-0.05, 0) is 25.3 Å². The van der Waals surface area contributed by atoms with E-state index in [1.54, 1.807) is 6.20 Å². The highest BCUT2D eigenvalue weighted by Gasteiger charge is 1.97. The fourth-order valence-electron chi connectivity index (χ4n) is 1.44. The number of nitrogens with one attached hydrogen (secondary N) is 1. The van der Waals surface area contributed by atoms with Gasteiger partial charge in [-0.25, -0.2) is 4.98 Å². The molecular formula is C12H21N3O. The number of nitrogen functional groups attached to an aromatic ring is 1. The Morgan fingerprint density at radius 3 is 2.75 bits per heavy atom. The lowest BCUT2D eigenvalue weighted by Crippen LogP contribution is -2.04. The van der Waals surface area contributed by atoms with Gasteiger partial charge in [-0.1, -0.05) is 12.8 Å². The largest absolute Gasteiger partial charge is 0.398 e. The van der Waals surface area contributed by atoms with E-state index in [9.17, 15) is 0 Å². The molecule has 4 N–H and O–H groups in total. The molecule has 16 heavy (non-hydrogen) atoms. The molecule has 0 fully saturated rings. The molecule has 0 saturated heterocycles. The van der Waals surface area contributed by atoms with Crippen LogP contribution in [0.15, 0.2) is 12.3 Å². The van der Waals surface area contributed by atoms with Gasteiger partial charge in [-0.2, -0.15) is 0 Å². The van der Waals surface area contributed by atoms with Gasteiger partial charge in [0.2, 0.25) is 0 Å². The van der Waals surface area contributed by atoms with E-state index in [4.69, 9.17) is 10.8 Å². The van der Waals surface area contributed by atoms with E-state index in [-0.39, 0.29) is 0 Å². The maximum absolute atomic E-state index is 8.62. The number of hydrogen-bond acceptors (Lipinski definition) is 4. The zero-order valence-electron chi connectivity index (χ0n) is 9.87. The molecule has 0 aromatic carbocycles. The van der Waals surface area contributed by atoms with Crippen molar-refractivity contribution in [3.63, 3.8) is 0 Å². The van der Waals surface area contributed by atoms with Crippen molar-refractivity contribution < 1.29 is 5.11 Å². The van der Waals surface area contributed by atoms with E-state index in [1.165, 1.54) is 0 Å². The number of pyridine rings is 1. The molecule has 0 spiro atoms. The van der Waals surface area contributed by atoms with Gasteiger partial charge >= 0.3 is 0 Å². The van der Waals surface area contributed by atoms with Crippen LogP contribution in [-0.2, 0) is 0 Å². The average Bonchev–Trinajstić information content (AvgIpc) is 2.28. The molecule has 1 heterocycles. The Bertz CT molecular complexity index is 315. The minimum absolute atomic E-state index is 0.295. The quantitative estimate of drug-likeness (QED) is 0.618. The highest BCUT2D eigenvalue weighted by molar-refractivity contribution is 5.53.